The minimum Gasteiger partial charge on any atom is -0.397 e. The Balaban J connectivity index is 2.65. The molecule has 4 N–H and O–H groups in total. The lowest BCUT2D eigenvalue weighted by Crippen LogP contribution is -2.41. The van der Waals surface area contributed by atoms with Gasteiger partial charge in [-0.1, -0.05) is 13.3 Å². The van der Waals surface area contributed by atoms with Gasteiger partial charge in [0.15, 0.2) is 0 Å². The van der Waals surface area contributed by atoms with Crippen LogP contribution in [0.2, 0.25) is 0 Å². The first-order valence-corrected chi connectivity index (χ1v) is 6.36. The van der Waals surface area contributed by atoms with E-state index in [1.165, 1.54) is 0 Å². The Kier molecular flexibility index (Phi) is 4.78. The molecule has 1 atom stereocenters. The third kappa shape index (κ3) is 3.77. The number of nitrogens with one attached hydrogen (secondary N) is 1. The predicted molar refractivity (Wildman–Crippen MR) is 72.4 cm³/mol. The number of nitrogens with zero attached hydrogens (tertiary/aromatic N) is 1. The van der Waals surface area contributed by atoms with Gasteiger partial charge < -0.3 is 20.7 Å². The molecule has 102 valence electrons. The third-order valence-corrected chi connectivity index (χ3v) is 2.91. The molecule has 18 heavy (non-hydrogen) atoms. The molecule has 0 saturated carbocycles. The number of nitrogen functional groups attached to an aromatic ring is 1. The number of aliphatic hydroxyl groups is 1. The van der Waals surface area contributed by atoms with Crippen LogP contribution in [-0.4, -0.2) is 27.7 Å². The predicted octanol–water partition coefficient (Wildman–Crippen LogP) is 1.37. The highest BCUT2D eigenvalue weighted by Gasteiger charge is 2.21. The van der Waals surface area contributed by atoms with Crippen LogP contribution in [0.4, 0.5) is 5.69 Å². The lowest BCUT2D eigenvalue weighted by Gasteiger charge is -2.23. The molecule has 0 aliphatic carbocycles. The number of nitrogens with two attached hydrogens (primary N) is 1. The number of carbonyl (C=O) groups is 1. The molecule has 0 aromatic carbocycles. The van der Waals surface area contributed by atoms with Gasteiger partial charge in [-0.25, -0.2) is 0 Å². The Bertz CT molecular complexity index is 410. The van der Waals surface area contributed by atoms with Crippen molar-refractivity contribution in [2.45, 2.75) is 45.8 Å². The molecule has 1 aromatic rings. The van der Waals surface area contributed by atoms with Gasteiger partial charge in [0, 0.05) is 19.3 Å². The number of anilines is 1. The van der Waals surface area contributed by atoms with E-state index in [9.17, 15) is 9.90 Å². The van der Waals surface area contributed by atoms with Gasteiger partial charge in [0.25, 0.3) is 5.91 Å². The molecule has 0 radical (unpaired) electrons. The van der Waals surface area contributed by atoms with E-state index in [2.05, 4.69) is 5.32 Å². The minimum atomic E-state index is -0.862. The maximum atomic E-state index is 12.0. The molecule has 0 aliphatic rings. The fraction of sp³-hybridized carbons (Fsp3) is 0.615. The number of hydrogen-bond donors (Lipinski definition) is 3. The zero-order chi connectivity index (χ0) is 13.8. The van der Waals surface area contributed by atoms with Gasteiger partial charge in [0.05, 0.1) is 11.3 Å². The van der Waals surface area contributed by atoms with E-state index < -0.39 is 5.60 Å². The van der Waals surface area contributed by atoms with Gasteiger partial charge in [-0.2, -0.15) is 0 Å². The second-order valence-corrected chi connectivity index (χ2v) is 4.87. The number of carbonyl (C=O) groups excluding carboxylic acids is 1. The molecule has 5 nitrogen and oxygen atoms in total. The molecular weight excluding hydrogens is 230 g/mol. The molecule has 0 bridgehead atoms. The minimum absolute atomic E-state index is 0.204. The van der Waals surface area contributed by atoms with Gasteiger partial charge in [0.1, 0.15) is 5.69 Å². The van der Waals surface area contributed by atoms with Gasteiger partial charge in [-0.05, 0) is 26.3 Å². The number of rotatable bonds is 6. The first kappa shape index (κ1) is 14.6. The van der Waals surface area contributed by atoms with E-state index in [-0.39, 0.29) is 12.5 Å². The van der Waals surface area contributed by atoms with E-state index in [1.807, 2.05) is 13.8 Å². The number of amides is 1. The lowest BCUT2D eigenvalue weighted by atomic mass is 10.0. The van der Waals surface area contributed by atoms with Gasteiger partial charge >= 0.3 is 0 Å². The summed E-state index contributed by atoms with van der Waals surface area (Å²) in [6.07, 6.45) is 3.27. The monoisotopic (exact) mass is 253 g/mol. The average Bonchev–Trinajstić information content (AvgIpc) is 2.67. The first-order valence-electron chi connectivity index (χ1n) is 6.36. The molecule has 0 fully saturated rings. The molecule has 0 aliphatic heterocycles. The summed E-state index contributed by atoms with van der Waals surface area (Å²) < 4.78 is 1.79. The SMILES string of the molecule is CCCC(C)(O)CNC(=O)c1cc(N)cn1CC. The van der Waals surface area contributed by atoms with Crippen molar-refractivity contribution in [2.75, 3.05) is 12.3 Å². The van der Waals surface area contributed by atoms with Crippen LogP contribution < -0.4 is 11.1 Å². The van der Waals surface area contributed by atoms with Crippen molar-refractivity contribution in [2.24, 2.45) is 0 Å². The lowest BCUT2D eigenvalue weighted by molar-refractivity contribution is 0.0467. The normalized spacial score (nSPS) is 14.2. The number of hydrogen-bond acceptors (Lipinski definition) is 3. The van der Waals surface area contributed by atoms with E-state index >= 15 is 0 Å². The fourth-order valence-corrected chi connectivity index (χ4v) is 1.97. The Morgan fingerprint density at radius 2 is 2.22 bits per heavy atom. The Labute approximate surface area is 108 Å². The van der Waals surface area contributed by atoms with Crippen LogP contribution in [-0.2, 0) is 6.54 Å². The maximum Gasteiger partial charge on any atom is 0.268 e. The van der Waals surface area contributed by atoms with Crippen LogP contribution in [0.15, 0.2) is 12.3 Å². The summed E-state index contributed by atoms with van der Waals surface area (Å²) in [5, 5.41) is 12.7. The molecule has 0 spiro atoms. The summed E-state index contributed by atoms with van der Waals surface area (Å²) in [6, 6.07) is 1.65. The standard InChI is InChI=1S/C13H23N3O2/c1-4-6-13(3,18)9-15-12(17)11-7-10(14)8-16(11)5-2/h7-8,18H,4-6,9,14H2,1-3H3,(H,15,17). The van der Waals surface area contributed by atoms with Crippen molar-refractivity contribution in [1.29, 1.82) is 0 Å². The van der Waals surface area contributed by atoms with E-state index in [1.54, 1.807) is 23.8 Å². The van der Waals surface area contributed by atoms with Gasteiger partial charge in [-0.15, -0.1) is 0 Å². The molecule has 1 amide bonds. The van der Waals surface area contributed by atoms with Crippen LogP contribution in [0.3, 0.4) is 0 Å². The second-order valence-electron chi connectivity index (χ2n) is 4.87. The largest absolute Gasteiger partial charge is 0.397 e. The van der Waals surface area contributed by atoms with Crippen molar-refractivity contribution in [1.82, 2.24) is 9.88 Å². The van der Waals surface area contributed by atoms with Crippen LogP contribution >= 0.6 is 0 Å². The summed E-state index contributed by atoms with van der Waals surface area (Å²) in [7, 11) is 0. The van der Waals surface area contributed by atoms with Crippen LogP contribution in [0.25, 0.3) is 0 Å². The summed E-state index contributed by atoms with van der Waals surface area (Å²) in [5.41, 5.74) is 5.91. The smallest absolute Gasteiger partial charge is 0.268 e. The summed E-state index contributed by atoms with van der Waals surface area (Å²) in [4.78, 5) is 12.0. The first-order chi connectivity index (χ1) is 8.39. The van der Waals surface area contributed by atoms with E-state index in [0.29, 0.717) is 24.3 Å². The fourth-order valence-electron chi connectivity index (χ4n) is 1.97. The zero-order valence-electron chi connectivity index (χ0n) is 11.4. The summed E-state index contributed by atoms with van der Waals surface area (Å²) >= 11 is 0. The average molecular weight is 253 g/mol. The Hall–Kier alpha value is -1.49. The number of aromatic nitrogens is 1. The highest BCUT2D eigenvalue weighted by Crippen LogP contribution is 2.13. The zero-order valence-corrected chi connectivity index (χ0v) is 11.4. The van der Waals surface area contributed by atoms with E-state index in [4.69, 9.17) is 5.73 Å². The maximum absolute atomic E-state index is 12.0. The highest BCUT2D eigenvalue weighted by molar-refractivity contribution is 5.93. The molecule has 1 heterocycles. The quantitative estimate of drug-likeness (QED) is 0.716. The molecule has 1 unspecified atom stereocenters. The van der Waals surface area contributed by atoms with Gasteiger partial charge in [0.2, 0.25) is 0 Å². The topological polar surface area (TPSA) is 80.3 Å². The second kappa shape index (κ2) is 5.91. The third-order valence-electron chi connectivity index (χ3n) is 2.91. The van der Waals surface area contributed by atoms with Crippen LogP contribution in [0.5, 0.6) is 0 Å². The van der Waals surface area contributed by atoms with Crippen LogP contribution in [0.1, 0.15) is 44.1 Å². The Morgan fingerprint density at radius 1 is 1.56 bits per heavy atom. The molecule has 0 saturated heterocycles. The van der Waals surface area contributed by atoms with Crippen molar-refractivity contribution >= 4 is 11.6 Å². The molecule has 1 aromatic heterocycles. The van der Waals surface area contributed by atoms with Gasteiger partial charge in [-0.3, -0.25) is 4.79 Å². The van der Waals surface area contributed by atoms with Crippen LogP contribution in [0, 0.1) is 0 Å². The van der Waals surface area contributed by atoms with Crippen molar-refractivity contribution in [3.8, 4) is 0 Å². The Morgan fingerprint density at radius 3 is 2.78 bits per heavy atom. The molecular formula is C13H23N3O2. The highest BCUT2D eigenvalue weighted by atomic mass is 16.3. The number of aryl methyl sites for hydroxylation is 1. The molecule has 5 heteroatoms. The summed E-state index contributed by atoms with van der Waals surface area (Å²) in [5.74, 6) is -0.204. The van der Waals surface area contributed by atoms with Crippen molar-refractivity contribution in [3.63, 3.8) is 0 Å². The summed E-state index contributed by atoms with van der Waals surface area (Å²) in [6.45, 7) is 6.60. The van der Waals surface area contributed by atoms with Crippen molar-refractivity contribution < 1.29 is 9.90 Å². The van der Waals surface area contributed by atoms with Crippen molar-refractivity contribution in [3.05, 3.63) is 18.0 Å². The molecule has 1 rings (SSSR count). The van der Waals surface area contributed by atoms with E-state index in [0.717, 1.165) is 6.42 Å².